The number of hydrogen-bond acceptors (Lipinski definition) is 4. The van der Waals surface area contributed by atoms with Gasteiger partial charge in [-0.25, -0.2) is 4.79 Å². The van der Waals surface area contributed by atoms with Gasteiger partial charge >= 0.3 is 6.03 Å². The average molecular weight is 374 g/mol. The number of rotatable bonds is 5. The molecule has 2 saturated heterocycles. The largest absolute Gasteiger partial charge is 0.383 e. The van der Waals surface area contributed by atoms with Gasteiger partial charge in [0.1, 0.15) is 0 Å². The Bertz CT molecular complexity index is 660. The highest BCUT2D eigenvalue weighted by molar-refractivity contribution is 5.95. The normalized spacial score (nSPS) is 22.8. The first kappa shape index (κ1) is 19.6. The van der Waals surface area contributed by atoms with Crippen molar-refractivity contribution >= 4 is 17.6 Å². The quantitative estimate of drug-likeness (QED) is 0.774. The second kappa shape index (κ2) is 8.71. The number of carbonyl (C=O) groups is 2. The number of piperidine rings is 1. The van der Waals surface area contributed by atoms with Crippen molar-refractivity contribution in [2.45, 2.75) is 19.3 Å². The number of anilines is 1. The van der Waals surface area contributed by atoms with Crippen molar-refractivity contribution in [2.75, 3.05) is 58.8 Å². The molecule has 2 fully saturated rings. The van der Waals surface area contributed by atoms with E-state index in [1.807, 2.05) is 4.90 Å². The summed E-state index contributed by atoms with van der Waals surface area (Å²) in [6.45, 7) is 4.76. The Morgan fingerprint density at radius 2 is 1.93 bits per heavy atom. The molecule has 0 bridgehead atoms. The van der Waals surface area contributed by atoms with E-state index < -0.39 is 0 Å². The summed E-state index contributed by atoms with van der Waals surface area (Å²) < 4.78 is 4.92. The third kappa shape index (κ3) is 4.99. The molecular formula is C20H30N4O3. The zero-order valence-electron chi connectivity index (χ0n) is 16.3. The molecule has 0 unspecified atom stereocenters. The first-order chi connectivity index (χ1) is 13.0. The minimum absolute atomic E-state index is 0.0547. The predicted octanol–water partition coefficient (Wildman–Crippen LogP) is 2.01. The van der Waals surface area contributed by atoms with Gasteiger partial charge in [0.25, 0.3) is 5.91 Å². The number of ether oxygens (including phenoxy) is 1. The van der Waals surface area contributed by atoms with Crippen LogP contribution in [0.1, 0.15) is 29.6 Å². The van der Waals surface area contributed by atoms with Gasteiger partial charge in [-0.3, -0.25) is 4.79 Å². The van der Waals surface area contributed by atoms with Crippen LogP contribution in [0.25, 0.3) is 0 Å². The van der Waals surface area contributed by atoms with Crippen LogP contribution in [0, 0.1) is 5.41 Å². The van der Waals surface area contributed by atoms with E-state index in [1.165, 1.54) is 12.8 Å². The fourth-order valence-electron chi connectivity index (χ4n) is 4.15. The van der Waals surface area contributed by atoms with Crippen LogP contribution < -0.4 is 10.6 Å². The van der Waals surface area contributed by atoms with Gasteiger partial charge in [-0.1, -0.05) is 0 Å². The Labute approximate surface area is 161 Å². The lowest BCUT2D eigenvalue weighted by atomic mass is 9.79. The standard InChI is InChI=1S/C20H30N4O3/c1-23-12-9-20(14-23)8-3-11-24(15-20)19(26)22-17-6-4-16(5-7-17)18(25)21-10-13-27-2/h4-7H,3,8-15H2,1-2H3,(H,21,25)(H,22,26)/t20-/m0/s1. The van der Waals surface area contributed by atoms with Crippen LogP contribution in [0.5, 0.6) is 0 Å². The molecule has 7 nitrogen and oxygen atoms in total. The van der Waals surface area contributed by atoms with Crippen LogP contribution in [-0.2, 0) is 4.74 Å². The van der Waals surface area contributed by atoms with Crippen molar-refractivity contribution in [3.63, 3.8) is 0 Å². The van der Waals surface area contributed by atoms with Crippen LogP contribution in [0.3, 0.4) is 0 Å². The number of likely N-dealkylation sites (tertiary alicyclic amines) is 2. The van der Waals surface area contributed by atoms with Gasteiger partial charge in [-0.05, 0) is 57.1 Å². The smallest absolute Gasteiger partial charge is 0.321 e. The van der Waals surface area contributed by atoms with Crippen molar-refractivity contribution in [1.29, 1.82) is 0 Å². The average Bonchev–Trinajstić information content (AvgIpc) is 3.02. The lowest BCUT2D eigenvalue weighted by molar-refractivity contribution is 0.0937. The van der Waals surface area contributed by atoms with Gasteiger partial charge < -0.3 is 25.2 Å². The molecule has 0 radical (unpaired) electrons. The zero-order chi connectivity index (χ0) is 19.3. The van der Waals surface area contributed by atoms with Crippen molar-refractivity contribution in [1.82, 2.24) is 15.1 Å². The number of urea groups is 1. The Morgan fingerprint density at radius 3 is 2.59 bits per heavy atom. The van der Waals surface area contributed by atoms with E-state index in [9.17, 15) is 9.59 Å². The minimum atomic E-state index is -0.145. The summed E-state index contributed by atoms with van der Waals surface area (Å²) in [6.07, 6.45) is 3.43. The maximum Gasteiger partial charge on any atom is 0.321 e. The summed E-state index contributed by atoms with van der Waals surface area (Å²) in [5.74, 6) is -0.145. The van der Waals surface area contributed by atoms with E-state index in [-0.39, 0.29) is 17.4 Å². The Kier molecular flexibility index (Phi) is 6.34. The van der Waals surface area contributed by atoms with E-state index in [2.05, 4.69) is 22.6 Å². The van der Waals surface area contributed by atoms with E-state index in [1.54, 1.807) is 31.4 Å². The molecule has 2 N–H and O–H groups in total. The van der Waals surface area contributed by atoms with Crippen molar-refractivity contribution in [3.8, 4) is 0 Å². The maximum atomic E-state index is 12.7. The SMILES string of the molecule is COCCNC(=O)c1ccc(NC(=O)N2CCC[C@@]3(CCN(C)C3)C2)cc1. The molecule has 2 heterocycles. The van der Waals surface area contributed by atoms with Crippen LogP contribution in [-0.4, -0.2) is 75.2 Å². The monoisotopic (exact) mass is 374 g/mol. The fourth-order valence-corrected chi connectivity index (χ4v) is 4.15. The number of nitrogens with zero attached hydrogens (tertiary/aromatic N) is 2. The number of benzene rings is 1. The van der Waals surface area contributed by atoms with Crippen molar-refractivity contribution < 1.29 is 14.3 Å². The van der Waals surface area contributed by atoms with Gasteiger partial charge in [0.05, 0.1) is 6.61 Å². The summed E-state index contributed by atoms with van der Waals surface area (Å²) in [5, 5.41) is 5.75. The second-order valence-electron chi connectivity index (χ2n) is 7.77. The van der Waals surface area contributed by atoms with E-state index in [0.717, 1.165) is 32.6 Å². The lowest BCUT2D eigenvalue weighted by Crippen LogP contribution is -2.48. The minimum Gasteiger partial charge on any atom is -0.383 e. The van der Waals surface area contributed by atoms with Crippen LogP contribution in [0.2, 0.25) is 0 Å². The van der Waals surface area contributed by atoms with E-state index in [0.29, 0.717) is 24.4 Å². The molecular weight excluding hydrogens is 344 g/mol. The topological polar surface area (TPSA) is 73.9 Å². The number of nitrogens with one attached hydrogen (secondary N) is 2. The number of methoxy groups -OCH3 is 1. The third-order valence-corrected chi connectivity index (χ3v) is 5.57. The molecule has 0 aromatic heterocycles. The Hall–Kier alpha value is -2.12. The van der Waals surface area contributed by atoms with Gasteiger partial charge in [-0.2, -0.15) is 0 Å². The highest BCUT2D eigenvalue weighted by atomic mass is 16.5. The highest BCUT2D eigenvalue weighted by Crippen LogP contribution is 2.38. The maximum absolute atomic E-state index is 12.7. The molecule has 0 aliphatic carbocycles. The molecule has 1 aromatic carbocycles. The van der Waals surface area contributed by atoms with Crippen molar-refractivity contribution in [2.24, 2.45) is 5.41 Å². The molecule has 1 aromatic rings. The van der Waals surface area contributed by atoms with E-state index in [4.69, 9.17) is 4.74 Å². The number of amides is 3. The zero-order valence-corrected chi connectivity index (χ0v) is 16.3. The van der Waals surface area contributed by atoms with Gasteiger partial charge in [0.15, 0.2) is 0 Å². The van der Waals surface area contributed by atoms with Crippen LogP contribution in [0.4, 0.5) is 10.5 Å². The second-order valence-corrected chi connectivity index (χ2v) is 7.77. The van der Waals surface area contributed by atoms with Crippen molar-refractivity contribution in [3.05, 3.63) is 29.8 Å². The molecule has 7 heteroatoms. The number of hydrogen-bond donors (Lipinski definition) is 2. The Morgan fingerprint density at radius 1 is 1.15 bits per heavy atom. The summed E-state index contributed by atoms with van der Waals surface area (Å²) in [5.41, 5.74) is 1.53. The first-order valence-electron chi connectivity index (χ1n) is 9.63. The Balaban J connectivity index is 1.54. The highest BCUT2D eigenvalue weighted by Gasteiger charge is 2.41. The summed E-state index contributed by atoms with van der Waals surface area (Å²) in [7, 11) is 3.75. The molecule has 2 aliphatic heterocycles. The lowest BCUT2D eigenvalue weighted by Gasteiger charge is -2.40. The van der Waals surface area contributed by atoms with Crippen LogP contribution in [0.15, 0.2) is 24.3 Å². The predicted molar refractivity (Wildman–Crippen MR) is 105 cm³/mol. The number of carbonyl (C=O) groups excluding carboxylic acids is 2. The molecule has 3 rings (SSSR count). The van der Waals surface area contributed by atoms with Gasteiger partial charge in [-0.15, -0.1) is 0 Å². The first-order valence-corrected chi connectivity index (χ1v) is 9.63. The molecule has 1 atom stereocenters. The van der Waals surface area contributed by atoms with E-state index >= 15 is 0 Å². The molecule has 3 amide bonds. The molecule has 27 heavy (non-hydrogen) atoms. The molecule has 1 spiro atoms. The fraction of sp³-hybridized carbons (Fsp3) is 0.600. The molecule has 0 saturated carbocycles. The summed E-state index contributed by atoms with van der Waals surface area (Å²) in [6, 6.07) is 6.93. The van der Waals surface area contributed by atoms with Gasteiger partial charge in [0, 0.05) is 50.0 Å². The molecule has 2 aliphatic rings. The van der Waals surface area contributed by atoms with Gasteiger partial charge in [0.2, 0.25) is 0 Å². The van der Waals surface area contributed by atoms with Crippen LogP contribution >= 0.6 is 0 Å². The third-order valence-electron chi connectivity index (χ3n) is 5.57. The summed E-state index contributed by atoms with van der Waals surface area (Å²) >= 11 is 0. The molecule has 148 valence electrons. The summed E-state index contributed by atoms with van der Waals surface area (Å²) in [4.78, 5) is 29.0.